The van der Waals surface area contributed by atoms with Crippen molar-refractivity contribution in [3.8, 4) is 12.1 Å². The van der Waals surface area contributed by atoms with Crippen molar-refractivity contribution in [1.82, 2.24) is 0 Å². The van der Waals surface area contributed by atoms with E-state index in [2.05, 4.69) is 76.2 Å². The molecule has 4 aromatic heterocycles. The highest BCUT2D eigenvalue weighted by molar-refractivity contribution is 7.14. The third kappa shape index (κ3) is 14.7. The predicted octanol–water partition coefficient (Wildman–Crippen LogP) is 11.9. The molecule has 0 aromatic carbocycles. The molecule has 0 aliphatic heterocycles. The Morgan fingerprint density at radius 3 is 1.50 bits per heavy atom. The van der Waals surface area contributed by atoms with Gasteiger partial charge in [0, 0.05) is 37.3 Å². The summed E-state index contributed by atoms with van der Waals surface area (Å²) in [6.07, 6.45) is 21.4. The van der Waals surface area contributed by atoms with E-state index in [1.807, 2.05) is 11.3 Å². The van der Waals surface area contributed by atoms with Crippen LogP contribution in [0.5, 0.6) is 0 Å². The lowest BCUT2D eigenvalue weighted by atomic mass is 10.1. The average molecular weight is 831 g/mol. The quantitative estimate of drug-likeness (QED) is 0.0611. The number of hydrogen-bond acceptors (Lipinski definition) is 10. The molecule has 0 radical (unpaired) electrons. The molecule has 0 amide bonds. The van der Waals surface area contributed by atoms with E-state index in [0.29, 0.717) is 11.1 Å². The van der Waals surface area contributed by atoms with Crippen LogP contribution in [0.1, 0.15) is 148 Å². The summed E-state index contributed by atoms with van der Waals surface area (Å²) in [4.78, 5) is 29.3. The molecule has 4 aromatic rings. The molecule has 0 unspecified atom stereocenters. The number of hydrogen-bond donors (Lipinski definition) is 0. The van der Waals surface area contributed by atoms with E-state index in [0.717, 1.165) is 72.4 Å². The third-order valence-corrected chi connectivity index (χ3v) is 14.8. The van der Waals surface area contributed by atoms with Crippen LogP contribution in [0, 0.1) is 49.9 Å². The zero-order chi connectivity index (χ0) is 40.5. The number of rotatable bonds is 21. The van der Waals surface area contributed by atoms with E-state index >= 15 is 0 Å². The molecule has 0 aliphatic carbocycles. The monoisotopic (exact) mass is 830 g/mol. The zero-order valence-corrected chi connectivity index (χ0v) is 37.0. The first-order valence-electron chi connectivity index (χ1n) is 20.6. The molecule has 0 bridgehead atoms. The fraction of sp³-hybridized carbons (Fsp3) is 0.522. The van der Waals surface area contributed by atoms with Gasteiger partial charge in [0.05, 0.1) is 17.2 Å². The number of carbonyl (C=O) groups excluding carboxylic acids is 3. The van der Waals surface area contributed by atoms with Gasteiger partial charge in [-0.3, -0.25) is 0 Å². The van der Waals surface area contributed by atoms with Gasteiger partial charge in [0.2, 0.25) is 0 Å². The van der Waals surface area contributed by atoms with Gasteiger partial charge in [-0.15, -0.1) is 45.3 Å². The van der Waals surface area contributed by atoms with Gasteiger partial charge >= 0.3 is 12.1 Å². The number of thiophene rings is 4. The predicted molar refractivity (Wildman–Crippen MR) is 232 cm³/mol. The molecular formula is C46H58N2O4S4. The highest BCUT2D eigenvalue weighted by Gasteiger charge is 2.15. The van der Waals surface area contributed by atoms with Crippen molar-refractivity contribution in [3.05, 3.63) is 83.8 Å². The Kier molecular flexibility index (Phi) is 22.6. The molecule has 0 N–H and O–H groups in total. The normalized spacial score (nSPS) is 13.8. The number of aryl methyl sites for hydroxylation is 2. The summed E-state index contributed by atoms with van der Waals surface area (Å²) in [5, 5.41) is 20.2. The summed E-state index contributed by atoms with van der Waals surface area (Å²) in [5.41, 5.74) is 3.64. The Morgan fingerprint density at radius 1 is 0.571 bits per heavy atom. The Labute approximate surface area is 348 Å². The highest BCUT2D eigenvalue weighted by atomic mass is 32.1. The summed E-state index contributed by atoms with van der Waals surface area (Å²) < 4.78 is 14.8. The standard InChI is InChI=1S/C45H58N2O2S4.CO2/c1-5-9-13-17-21-33-29-41(35(31-46)23-19-15-11-7-3)52-43(33)39-26-24-37(50-39)38-25-27-40(51-38)44-34(22-18-14-10-6-2)30-42(53-44)36(32-47)45(48)49-28-20-16-12-8-4;2-1-3/h24-27,29-30H,5-23,28H2,1-4H3;/b38-37+,41-35-,42-36+,43-39+,44-40+;. The second-order valence-corrected chi connectivity index (χ2v) is 18.3. The summed E-state index contributed by atoms with van der Waals surface area (Å²) >= 11 is 6.98. The maximum Gasteiger partial charge on any atom is 0.373 e. The van der Waals surface area contributed by atoms with Crippen LogP contribution in [-0.2, 0) is 32.0 Å². The van der Waals surface area contributed by atoms with Crippen molar-refractivity contribution >= 4 is 68.6 Å². The molecule has 0 saturated heterocycles. The lowest BCUT2D eigenvalue weighted by Gasteiger charge is -2.02. The fourth-order valence-electron chi connectivity index (χ4n) is 6.52. The number of nitriles is 2. The van der Waals surface area contributed by atoms with E-state index in [1.54, 1.807) is 34.0 Å². The van der Waals surface area contributed by atoms with Gasteiger partial charge in [0.15, 0.2) is 5.57 Å². The second kappa shape index (κ2) is 27.1. The number of unbranched alkanes of at least 4 members (excludes halogenated alkanes) is 12. The third-order valence-electron chi connectivity index (χ3n) is 9.63. The molecule has 300 valence electrons. The Bertz CT molecular complexity index is 2350. The largest absolute Gasteiger partial charge is 0.462 e. The Hall–Kier alpha value is -3.63. The van der Waals surface area contributed by atoms with Crippen LogP contribution in [-0.4, -0.2) is 18.7 Å². The van der Waals surface area contributed by atoms with Crippen LogP contribution in [0.15, 0.2) is 36.4 Å². The maximum absolute atomic E-state index is 13.0. The second-order valence-electron chi connectivity index (χ2n) is 14.0. The maximum atomic E-state index is 13.0. The molecule has 0 atom stereocenters. The molecule has 6 nitrogen and oxygen atoms in total. The van der Waals surface area contributed by atoms with Crippen LogP contribution < -0.4 is 9.06 Å². The SMILES string of the molecule is CCCCCCOC(=O)/C(C#N)=c1\cc(CCCCCC)/c(=c2/cc/c(=c3/cc/c(=c4\s/c(=C(\C#N)CCCCCC)cc4CCCCCC)s3)s2)s1.O=C=O. The van der Waals surface area contributed by atoms with E-state index < -0.39 is 5.97 Å². The van der Waals surface area contributed by atoms with E-state index in [4.69, 9.17) is 14.3 Å². The Morgan fingerprint density at radius 2 is 1.02 bits per heavy atom. The van der Waals surface area contributed by atoms with Gasteiger partial charge in [-0.2, -0.15) is 20.1 Å². The summed E-state index contributed by atoms with van der Waals surface area (Å²) in [7, 11) is 0. The fourth-order valence-corrected chi connectivity index (χ4v) is 11.3. The molecule has 0 aliphatic rings. The van der Waals surface area contributed by atoms with Crippen LogP contribution in [0.3, 0.4) is 0 Å². The van der Waals surface area contributed by atoms with Crippen molar-refractivity contribution in [3.63, 3.8) is 0 Å². The first-order chi connectivity index (χ1) is 27.4. The number of carbonyl (C=O) groups is 1. The first-order valence-corrected chi connectivity index (χ1v) is 23.8. The molecular weight excluding hydrogens is 773 g/mol. The number of esters is 1. The first kappa shape index (κ1) is 46.8. The minimum Gasteiger partial charge on any atom is -0.462 e. The van der Waals surface area contributed by atoms with Crippen LogP contribution in [0.2, 0.25) is 0 Å². The number of ether oxygens (including phenoxy) is 1. The Balaban J connectivity index is 0.00000271. The van der Waals surface area contributed by atoms with Gasteiger partial charge < -0.3 is 4.74 Å². The lowest BCUT2D eigenvalue weighted by molar-refractivity contribution is -0.191. The minimum absolute atomic E-state index is 0.116. The number of nitrogens with zero attached hydrogens (tertiary/aromatic N) is 2. The minimum atomic E-state index is -0.509. The van der Waals surface area contributed by atoms with Gasteiger partial charge in [-0.05, 0) is 92.5 Å². The van der Waals surface area contributed by atoms with Crippen molar-refractivity contribution in [2.24, 2.45) is 0 Å². The molecule has 56 heavy (non-hydrogen) atoms. The van der Waals surface area contributed by atoms with Crippen molar-refractivity contribution in [1.29, 1.82) is 10.5 Å². The molecule has 0 saturated carbocycles. The van der Waals surface area contributed by atoms with E-state index in [9.17, 15) is 15.3 Å². The zero-order valence-electron chi connectivity index (χ0n) is 33.8. The lowest BCUT2D eigenvalue weighted by Crippen LogP contribution is -2.13. The van der Waals surface area contributed by atoms with Gasteiger partial charge in [0.1, 0.15) is 6.07 Å². The van der Waals surface area contributed by atoms with Crippen molar-refractivity contribution < 1.29 is 19.1 Å². The van der Waals surface area contributed by atoms with Crippen molar-refractivity contribution in [2.45, 2.75) is 150 Å². The molecule has 0 fully saturated rings. The van der Waals surface area contributed by atoms with Crippen LogP contribution in [0.4, 0.5) is 0 Å². The van der Waals surface area contributed by atoms with E-state index in [-0.39, 0.29) is 11.7 Å². The topological polar surface area (TPSA) is 108 Å². The van der Waals surface area contributed by atoms with Crippen LogP contribution in [0.25, 0.3) is 11.1 Å². The molecule has 10 heteroatoms. The average Bonchev–Trinajstić information content (AvgIpc) is 4.02. The highest BCUT2D eigenvalue weighted by Crippen LogP contribution is 2.22. The molecule has 4 heterocycles. The summed E-state index contributed by atoms with van der Waals surface area (Å²) in [6.45, 7) is 9.22. The summed E-state index contributed by atoms with van der Waals surface area (Å²) in [6, 6.07) is 18.1. The van der Waals surface area contributed by atoms with Crippen LogP contribution >= 0.6 is 45.3 Å². The van der Waals surface area contributed by atoms with Gasteiger partial charge in [-0.1, -0.05) is 105 Å². The van der Waals surface area contributed by atoms with Crippen molar-refractivity contribution in [2.75, 3.05) is 6.61 Å². The van der Waals surface area contributed by atoms with Gasteiger partial charge in [-0.25, -0.2) is 4.79 Å². The smallest absolute Gasteiger partial charge is 0.373 e. The summed E-state index contributed by atoms with van der Waals surface area (Å²) in [5.74, 6) is -0.509. The van der Waals surface area contributed by atoms with E-state index in [1.165, 1.54) is 98.0 Å². The molecule has 4 rings (SSSR count). The molecule has 0 spiro atoms. The van der Waals surface area contributed by atoms with Gasteiger partial charge in [0.25, 0.3) is 0 Å².